The highest BCUT2D eigenvalue weighted by Gasteiger charge is 2.16. The first kappa shape index (κ1) is 17.6. The second-order valence-electron chi connectivity index (χ2n) is 6.23. The van der Waals surface area contributed by atoms with Crippen LogP contribution in [0.5, 0.6) is 5.75 Å². The van der Waals surface area contributed by atoms with Crippen LogP contribution in [0.2, 0.25) is 0 Å². The van der Waals surface area contributed by atoms with Crippen molar-refractivity contribution in [3.05, 3.63) is 64.4 Å². The molecule has 138 valence electrons. The van der Waals surface area contributed by atoms with Crippen LogP contribution in [0.15, 0.2) is 58.5 Å². The Morgan fingerprint density at radius 2 is 1.96 bits per heavy atom. The van der Waals surface area contributed by atoms with Crippen LogP contribution in [0.1, 0.15) is 18.9 Å². The number of aryl methyl sites for hydroxylation is 1. The molecular formula is C20H20N4O2S. The van der Waals surface area contributed by atoms with Crippen molar-refractivity contribution in [2.75, 3.05) is 7.11 Å². The summed E-state index contributed by atoms with van der Waals surface area (Å²) in [5.74, 6) is 2.16. The predicted octanol–water partition coefficient (Wildman–Crippen LogP) is 3.76. The number of thioether (sulfide) groups is 1. The SMILES string of the molecule is CCCn1c(=O)c2ccccc2n2c(SCc3cccc(OC)c3)nnc12. The fourth-order valence-electron chi connectivity index (χ4n) is 3.16. The third-order valence-corrected chi connectivity index (χ3v) is 5.43. The van der Waals surface area contributed by atoms with Gasteiger partial charge in [0.25, 0.3) is 5.56 Å². The van der Waals surface area contributed by atoms with Gasteiger partial charge in [-0.05, 0) is 36.2 Å². The normalized spacial score (nSPS) is 11.3. The topological polar surface area (TPSA) is 61.4 Å². The van der Waals surface area contributed by atoms with E-state index >= 15 is 0 Å². The Morgan fingerprint density at radius 3 is 2.78 bits per heavy atom. The van der Waals surface area contributed by atoms with Gasteiger partial charge >= 0.3 is 0 Å². The molecule has 0 bridgehead atoms. The van der Waals surface area contributed by atoms with Crippen molar-refractivity contribution in [2.24, 2.45) is 0 Å². The molecule has 6 nitrogen and oxygen atoms in total. The van der Waals surface area contributed by atoms with E-state index in [1.807, 2.05) is 53.8 Å². The molecule has 4 rings (SSSR count). The van der Waals surface area contributed by atoms with Gasteiger partial charge in [0.2, 0.25) is 5.78 Å². The molecule has 0 saturated carbocycles. The Kier molecular flexibility index (Phi) is 4.85. The van der Waals surface area contributed by atoms with Crippen LogP contribution in [-0.2, 0) is 12.3 Å². The number of para-hydroxylation sites is 1. The van der Waals surface area contributed by atoms with Crippen molar-refractivity contribution in [1.29, 1.82) is 0 Å². The molecule has 0 saturated heterocycles. The van der Waals surface area contributed by atoms with Gasteiger partial charge in [-0.25, -0.2) is 0 Å². The minimum absolute atomic E-state index is 0.0169. The molecule has 0 aliphatic heterocycles. The van der Waals surface area contributed by atoms with Gasteiger partial charge in [0.05, 0.1) is 18.0 Å². The van der Waals surface area contributed by atoms with Crippen LogP contribution in [0.3, 0.4) is 0 Å². The minimum Gasteiger partial charge on any atom is -0.497 e. The molecule has 0 N–H and O–H groups in total. The summed E-state index contributed by atoms with van der Waals surface area (Å²) in [6.45, 7) is 2.67. The first-order valence-corrected chi connectivity index (χ1v) is 9.84. The number of aromatic nitrogens is 4. The standard InChI is InChI=1S/C20H20N4O2S/c1-3-11-23-18(25)16-9-4-5-10-17(16)24-19(23)21-22-20(24)27-13-14-7-6-8-15(12-14)26-2/h4-10,12H,3,11,13H2,1-2H3. The Bertz CT molecular complexity index is 1170. The van der Waals surface area contributed by atoms with Crippen molar-refractivity contribution >= 4 is 28.4 Å². The number of benzene rings is 2. The molecule has 27 heavy (non-hydrogen) atoms. The van der Waals surface area contributed by atoms with E-state index in [0.717, 1.165) is 34.2 Å². The highest BCUT2D eigenvalue weighted by molar-refractivity contribution is 7.98. The average molecular weight is 380 g/mol. The number of fused-ring (bicyclic) bond motifs is 3. The number of methoxy groups -OCH3 is 1. The lowest BCUT2D eigenvalue weighted by molar-refractivity contribution is 0.414. The fourth-order valence-corrected chi connectivity index (χ4v) is 4.05. The van der Waals surface area contributed by atoms with Crippen molar-refractivity contribution < 1.29 is 4.74 Å². The van der Waals surface area contributed by atoms with E-state index < -0.39 is 0 Å². The maximum Gasteiger partial charge on any atom is 0.262 e. The smallest absolute Gasteiger partial charge is 0.262 e. The number of hydrogen-bond acceptors (Lipinski definition) is 5. The van der Waals surface area contributed by atoms with Crippen molar-refractivity contribution in [1.82, 2.24) is 19.2 Å². The van der Waals surface area contributed by atoms with Crippen molar-refractivity contribution in [2.45, 2.75) is 30.8 Å². The Morgan fingerprint density at radius 1 is 1.11 bits per heavy atom. The quantitative estimate of drug-likeness (QED) is 0.477. The summed E-state index contributed by atoms with van der Waals surface area (Å²) in [4.78, 5) is 12.9. The molecule has 0 spiro atoms. The monoisotopic (exact) mass is 380 g/mol. The molecule has 2 aromatic heterocycles. The van der Waals surface area contributed by atoms with Gasteiger partial charge in [0.1, 0.15) is 5.75 Å². The molecule has 4 aromatic rings. The fraction of sp³-hybridized carbons (Fsp3) is 0.250. The zero-order chi connectivity index (χ0) is 18.8. The van der Waals surface area contributed by atoms with Crippen LogP contribution in [-0.4, -0.2) is 26.3 Å². The van der Waals surface area contributed by atoms with Gasteiger partial charge in [0, 0.05) is 12.3 Å². The lowest BCUT2D eigenvalue weighted by atomic mass is 10.2. The number of nitrogens with zero attached hydrogens (tertiary/aromatic N) is 4. The maximum absolute atomic E-state index is 12.9. The van der Waals surface area contributed by atoms with Gasteiger partial charge in [-0.2, -0.15) is 0 Å². The van der Waals surface area contributed by atoms with Gasteiger partial charge in [-0.15, -0.1) is 10.2 Å². The summed E-state index contributed by atoms with van der Waals surface area (Å²) in [5.41, 5.74) is 1.96. The van der Waals surface area contributed by atoms with Crippen LogP contribution in [0.25, 0.3) is 16.7 Å². The number of hydrogen-bond donors (Lipinski definition) is 0. The first-order valence-electron chi connectivity index (χ1n) is 8.85. The lowest BCUT2D eigenvalue weighted by Crippen LogP contribution is -2.23. The lowest BCUT2D eigenvalue weighted by Gasteiger charge is -2.10. The largest absolute Gasteiger partial charge is 0.497 e. The van der Waals surface area contributed by atoms with E-state index in [1.54, 1.807) is 23.4 Å². The summed E-state index contributed by atoms with van der Waals surface area (Å²) in [6, 6.07) is 15.6. The predicted molar refractivity (Wildman–Crippen MR) is 108 cm³/mol. The highest BCUT2D eigenvalue weighted by Crippen LogP contribution is 2.26. The minimum atomic E-state index is -0.0169. The molecule has 0 unspecified atom stereocenters. The van der Waals surface area contributed by atoms with Crippen molar-refractivity contribution in [3.8, 4) is 5.75 Å². The maximum atomic E-state index is 12.9. The van der Waals surface area contributed by atoms with E-state index in [0.29, 0.717) is 17.7 Å². The van der Waals surface area contributed by atoms with E-state index in [9.17, 15) is 4.79 Å². The number of ether oxygens (including phenoxy) is 1. The molecule has 0 aliphatic rings. The molecule has 0 radical (unpaired) electrons. The van der Waals surface area contributed by atoms with Gasteiger partial charge in [-0.1, -0.05) is 43.0 Å². The molecular weight excluding hydrogens is 360 g/mol. The molecule has 0 aliphatic carbocycles. The van der Waals surface area contributed by atoms with E-state index in [2.05, 4.69) is 16.3 Å². The molecule has 0 amide bonds. The van der Waals surface area contributed by atoms with E-state index in [1.165, 1.54) is 0 Å². The second kappa shape index (κ2) is 7.44. The summed E-state index contributed by atoms with van der Waals surface area (Å²) >= 11 is 1.59. The van der Waals surface area contributed by atoms with Gasteiger partial charge in [-0.3, -0.25) is 13.8 Å². The zero-order valence-electron chi connectivity index (χ0n) is 15.3. The molecule has 2 heterocycles. The zero-order valence-corrected chi connectivity index (χ0v) is 16.1. The van der Waals surface area contributed by atoms with Crippen molar-refractivity contribution in [3.63, 3.8) is 0 Å². The Hall–Kier alpha value is -2.80. The third-order valence-electron chi connectivity index (χ3n) is 4.43. The molecule has 0 fully saturated rings. The van der Waals surface area contributed by atoms with Gasteiger partial charge < -0.3 is 4.74 Å². The number of rotatable bonds is 6. The van der Waals surface area contributed by atoms with Crippen LogP contribution in [0, 0.1) is 0 Å². The van der Waals surface area contributed by atoms with Crippen LogP contribution < -0.4 is 10.3 Å². The molecule has 2 aromatic carbocycles. The van der Waals surface area contributed by atoms with E-state index in [-0.39, 0.29) is 5.56 Å². The summed E-state index contributed by atoms with van der Waals surface area (Å²) in [6.07, 6.45) is 0.854. The summed E-state index contributed by atoms with van der Waals surface area (Å²) in [5, 5.41) is 10.2. The Balaban J connectivity index is 1.81. The van der Waals surface area contributed by atoms with Gasteiger partial charge in [0.15, 0.2) is 5.16 Å². The molecule has 0 atom stereocenters. The first-order chi connectivity index (χ1) is 13.2. The van der Waals surface area contributed by atoms with E-state index in [4.69, 9.17) is 4.74 Å². The summed E-state index contributed by atoms with van der Waals surface area (Å²) < 4.78 is 8.99. The third kappa shape index (κ3) is 3.19. The summed E-state index contributed by atoms with van der Waals surface area (Å²) in [7, 11) is 1.66. The van der Waals surface area contributed by atoms with Crippen LogP contribution >= 0.6 is 11.8 Å². The Labute approximate surface area is 160 Å². The molecule has 7 heteroatoms. The second-order valence-corrected chi connectivity index (χ2v) is 7.17. The average Bonchev–Trinajstić information content (AvgIpc) is 3.13. The van der Waals surface area contributed by atoms with Crippen LogP contribution in [0.4, 0.5) is 0 Å². The highest BCUT2D eigenvalue weighted by atomic mass is 32.2.